The summed E-state index contributed by atoms with van der Waals surface area (Å²) in [5, 5.41) is 7.50. The van der Waals surface area contributed by atoms with Gasteiger partial charge in [0.15, 0.2) is 0 Å². The molecule has 0 aliphatic rings. The SMILES string of the molecule is Cc1c(N)nnc(Br)c1C. The van der Waals surface area contributed by atoms with Crippen LogP contribution in [0.1, 0.15) is 11.1 Å². The second-order valence-corrected chi connectivity index (χ2v) is 2.88. The molecule has 0 saturated carbocycles. The highest BCUT2D eigenvalue weighted by Crippen LogP contribution is 2.18. The van der Waals surface area contributed by atoms with Crippen molar-refractivity contribution in [1.29, 1.82) is 0 Å². The molecule has 0 bridgehead atoms. The predicted octanol–water partition coefficient (Wildman–Crippen LogP) is 1.44. The number of rotatable bonds is 0. The molecule has 0 atom stereocenters. The van der Waals surface area contributed by atoms with E-state index in [1.165, 1.54) is 0 Å². The molecule has 0 aliphatic carbocycles. The summed E-state index contributed by atoms with van der Waals surface area (Å²) >= 11 is 3.25. The monoisotopic (exact) mass is 201 g/mol. The summed E-state index contributed by atoms with van der Waals surface area (Å²) in [4.78, 5) is 0. The Morgan fingerprint density at radius 3 is 2.30 bits per heavy atom. The van der Waals surface area contributed by atoms with Crippen LogP contribution in [-0.2, 0) is 0 Å². The van der Waals surface area contributed by atoms with Gasteiger partial charge in [0.25, 0.3) is 0 Å². The summed E-state index contributed by atoms with van der Waals surface area (Å²) in [6.07, 6.45) is 0. The van der Waals surface area contributed by atoms with E-state index >= 15 is 0 Å². The molecule has 0 aromatic carbocycles. The highest BCUT2D eigenvalue weighted by atomic mass is 79.9. The summed E-state index contributed by atoms with van der Waals surface area (Å²) in [6.45, 7) is 3.87. The van der Waals surface area contributed by atoms with E-state index in [0.29, 0.717) is 5.82 Å². The third-order valence-electron chi connectivity index (χ3n) is 1.50. The van der Waals surface area contributed by atoms with Crippen LogP contribution in [-0.4, -0.2) is 10.2 Å². The highest BCUT2D eigenvalue weighted by molar-refractivity contribution is 9.10. The van der Waals surface area contributed by atoms with Crippen LogP contribution in [0.3, 0.4) is 0 Å². The molecule has 0 fully saturated rings. The number of hydrogen-bond donors (Lipinski definition) is 1. The van der Waals surface area contributed by atoms with Crippen molar-refractivity contribution in [3.8, 4) is 0 Å². The first-order chi connectivity index (χ1) is 4.63. The molecule has 0 saturated heterocycles. The number of halogens is 1. The average Bonchev–Trinajstić information content (AvgIpc) is 1.93. The Hall–Kier alpha value is -0.640. The molecule has 1 aromatic rings. The Kier molecular flexibility index (Phi) is 1.89. The number of nitrogen functional groups attached to an aromatic ring is 1. The zero-order valence-corrected chi connectivity index (χ0v) is 7.44. The van der Waals surface area contributed by atoms with Crippen LogP contribution in [0.4, 0.5) is 5.82 Å². The lowest BCUT2D eigenvalue weighted by atomic mass is 10.2. The van der Waals surface area contributed by atoms with Crippen molar-refractivity contribution in [3.05, 3.63) is 15.7 Å². The number of aromatic nitrogens is 2. The number of nitrogens with zero attached hydrogens (tertiary/aromatic N) is 2. The summed E-state index contributed by atoms with van der Waals surface area (Å²) in [5.41, 5.74) is 7.53. The van der Waals surface area contributed by atoms with E-state index in [1.54, 1.807) is 0 Å². The van der Waals surface area contributed by atoms with Crippen molar-refractivity contribution >= 4 is 21.7 Å². The second-order valence-electron chi connectivity index (χ2n) is 2.13. The van der Waals surface area contributed by atoms with Gasteiger partial charge in [-0.3, -0.25) is 0 Å². The molecule has 0 aliphatic heterocycles. The molecule has 1 heterocycles. The van der Waals surface area contributed by atoms with Gasteiger partial charge in [-0.25, -0.2) is 0 Å². The van der Waals surface area contributed by atoms with Crippen LogP contribution in [0.15, 0.2) is 4.60 Å². The normalized spacial score (nSPS) is 9.90. The molecule has 1 aromatic heterocycles. The van der Waals surface area contributed by atoms with E-state index in [1.807, 2.05) is 13.8 Å². The maximum atomic E-state index is 5.50. The fourth-order valence-corrected chi connectivity index (χ4v) is 0.971. The van der Waals surface area contributed by atoms with Gasteiger partial charge in [-0.2, -0.15) is 0 Å². The van der Waals surface area contributed by atoms with Gasteiger partial charge in [0.05, 0.1) is 0 Å². The second kappa shape index (κ2) is 2.54. The van der Waals surface area contributed by atoms with Crippen LogP contribution in [0.2, 0.25) is 0 Å². The van der Waals surface area contributed by atoms with Gasteiger partial charge in [0, 0.05) is 0 Å². The van der Waals surface area contributed by atoms with Gasteiger partial charge >= 0.3 is 0 Å². The molecule has 0 unspecified atom stereocenters. The lowest BCUT2D eigenvalue weighted by Crippen LogP contribution is -1.99. The van der Waals surface area contributed by atoms with E-state index in [0.717, 1.165) is 15.7 Å². The zero-order chi connectivity index (χ0) is 7.72. The standard InChI is InChI=1S/C6H8BrN3/c1-3-4(2)6(8)10-9-5(3)7/h1-2H3,(H2,8,10). The molecule has 3 nitrogen and oxygen atoms in total. The molecular formula is C6H8BrN3. The summed E-state index contributed by atoms with van der Waals surface area (Å²) in [5.74, 6) is 0.501. The Balaban J connectivity index is 3.34. The molecule has 1 rings (SSSR count). The van der Waals surface area contributed by atoms with E-state index < -0.39 is 0 Å². The van der Waals surface area contributed by atoms with Crippen molar-refractivity contribution in [2.75, 3.05) is 5.73 Å². The van der Waals surface area contributed by atoms with Gasteiger partial charge in [0.2, 0.25) is 0 Å². The van der Waals surface area contributed by atoms with Gasteiger partial charge in [-0.05, 0) is 40.9 Å². The maximum absolute atomic E-state index is 5.50. The number of hydrogen-bond acceptors (Lipinski definition) is 3. The minimum Gasteiger partial charge on any atom is -0.382 e. The first-order valence-corrected chi connectivity index (χ1v) is 3.67. The lowest BCUT2D eigenvalue weighted by Gasteiger charge is -2.01. The fourth-order valence-electron chi connectivity index (χ4n) is 0.595. The first kappa shape index (κ1) is 7.47. The molecule has 2 N–H and O–H groups in total. The number of nitrogens with two attached hydrogens (primary N) is 1. The summed E-state index contributed by atoms with van der Waals surface area (Å²) in [7, 11) is 0. The molecule has 4 heteroatoms. The fraction of sp³-hybridized carbons (Fsp3) is 0.333. The highest BCUT2D eigenvalue weighted by Gasteiger charge is 2.02. The van der Waals surface area contributed by atoms with E-state index in [4.69, 9.17) is 5.73 Å². The zero-order valence-electron chi connectivity index (χ0n) is 5.85. The molecular weight excluding hydrogens is 194 g/mol. The van der Waals surface area contributed by atoms with Gasteiger partial charge in [-0.15, -0.1) is 10.2 Å². The predicted molar refractivity (Wildman–Crippen MR) is 43.6 cm³/mol. The molecule has 54 valence electrons. The van der Waals surface area contributed by atoms with Crippen LogP contribution >= 0.6 is 15.9 Å². The molecule has 10 heavy (non-hydrogen) atoms. The van der Waals surface area contributed by atoms with Crippen molar-refractivity contribution in [1.82, 2.24) is 10.2 Å². The Morgan fingerprint density at radius 2 is 1.80 bits per heavy atom. The Labute approximate surface area is 67.8 Å². The summed E-state index contributed by atoms with van der Waals surface area (Å²) in [6, 6.07) is 0. The smallest absolute Gasteiger partial charge is 0.149 e. The third kappa shape index (κ3) is 1.11. The maximum Gasteiger partial charge on any atom is 0.149 e. The third-order valence-corrected chi connectivity index (χ3v) is 2.26. The quantitative estimate of drug-likeness (QED) is 0.692. The van der Waals surface area contributed by atoms with E-state index in [9.17, 15) is 0 Å². The van der Waals surface area contributed by atoms with Crippen molar-refractivity contribution in [2.24, 2.45) is 0 Å². The topological polar surface area (TPSA) is 51.8 Å². The van der Waals surface area contributed by atoms with Crippen LogP contribution in [0.5, 0.6) is 0 Å². The number of anilines is 1. The molecule has 0 radical (unpaired) electrons. The van der Waals surface area contributed by atoms with Crippen LogP contribution < -0.4 is 5.73 Å². The summed E-state index contributed by atoms with van der Waals surface area (Å²) < 4.78 is 0.763. The Bertz CT molecular complexity index is 232. The average molecular weight is 202 g/mol. The minimum atomic E-state index is 0.501. The molecule has 0 amide bonds. The largest absolute Gasteiger partial charge is 0.382 e. The van der Waals surface area contributed by atoms with Gasteiger partial charge < -0.3 is 5.73 Å². The first-order valence-electron chi connectivity index (χ1n) is 2.87. The van der Waals surface area contributed by atoms with Crippen molar-refractivity contribution in [2.45, 2.75) is 13.8 Å². The lowest BCUT2D eigenvalue weighted by molar-refractivity contribution is 0.980. The molecule has 0 spiro atoms. The van der Waals surface area contributed by atoms with E-state index in [2.05, 4.69) is 26.1 Å². The van der Waals surface area contributed by atoms with Crippen molar-refractivity contribution < 1.29 is 0 Å². The van der Waals surface area contributed by atoms with Crippen LogP contribution in [0.25, 0.3) is 0 Å². The van der Waals surface area contributed by atoms with Gasteiger partial charge in [0.1, 0.15) is 10.4 Å². The Morgan fingerprint density at radius 1 is 1.20 bits per heavy atom. The van der Waals surface area contributed by atoms with E-state index in [-0.39, 0.29) is 0 Å². The van der Waals surface area contributed by atoms with Crippen molar-refractivity contribution in [3.63, 3.8) is 0 Å². The minimum absolute atomic E-state index is 0.501. The van der Waals surface area contributed by atoms with Gasteiger partial charge in [-0.1, -0.05) is 0 Å². The van der Waals surface area contributed by atoms with Crippen LogP contribution in [0, 0.1) is 13.8 Å².